The fourth-order valence-electron chi connectivity index (χ4n) is 2.84. The standard InChI is InChI=1S/C23H22O5/c1-3-4-12-27-22-20(10-8-16-7-5-6-15(2)13-16)28-19-11-9-17(23(25)26)14-18(19)21(22)24/h5-11,13-14H,3-4,12H2,1-2H3,(H,25,26)/b10-8+. The lowest BCUT2D eigenvalue weighted by molar-refractivity contribution is 0.0697. The van der Waals surface area contributed by atoms with Gasteiger partial charge in [-0.05, 0) is 43.2 Å². The van der Waals surface area contributed by atoms with Crippen molar-refractivity contribution in [1.82, 2.24) is 0 Å². The SMILES string of the molecule is CCCCOc1c(/C=C/c2cccc(C)c2)oc2ccc(C(=O)O)cc2c1=O. The minimum Gasteiger partial charge on any atom is -0.486 e. The van der Waals surface area contributed by atoms with Gasteiger partial charge in [-0.1, -0.05) is 49.2 Å². The molecule has 28 heavy (non-hydrogen) atoms. The van der Waals surface area contributed by atoms with Gasteiger partial charge in [0.05, 0.1) is 17.6 Å². The number of ether oxygens (including phenoxy) is 1. The number of benzene rings is 2. The quantitative estimate of drug-likeness (QED) is 0.576. The Labute approximate surface area is 162 Å². The third-order valence-electron chi connectivity index (χ3n) is 4.33. The summed E-state index contributed by atoms with van der Waals surface area (Å²) in [7, 11) is 0. The second kappa shape index (κ2) is 8.57. The van der Waals surface area contributed by atoms with Crippen molar-refractivity contribution in [2.24, 2.45) is 0 Å². The highest BCUT2D eigenvalue weighted by molar-refractivity contribution is 5.93. The van der Waals surface area contributed by atoms with Gasteiger partial charge in [-0.25, -0.2) is 4.79 Å². The smallest absolute Gasteiger partial charge is 0.335 e. The van der Waals surface area contributed by atoms with Crippen molar-refractivity contribution in [3.63, 3.8) is 0 Å². The molecule has 5 heteroatoms. The first-order valence-electron chi connectivity index (χ1n) is 9.21. The van der Waals surface area contributed by atoms with Crippen LogP contribution in [0.4, 0.5) is 0 Å². The molecule has 2 aromatic carbocycles. The highest BCUT2D eigenvalue weighted by Gasteiger charge is 2.16. The summed E-state index contributed by atoms with van der Waals surface area (Å²) in [6, 6.07) is 12.2. The summed E-state index contributed by atoms with van der Waals surface area (Å²) >= 11 is 0. The fraction of sp³-hybridized carbons (Fsp3) is 0.217. The van der Waals surface area contributed by atoms with Crippen LogP contribution in [-0.4, -0.2) is 17.7 Å². The van der Waals surface area contributed by atoms with Crippen molar-refractivity contribution in [2.75, 3.05) is 6.61 Å². The number of carbonyl (C=O) groups is 1. The van der Waals surface area contributed by atoms with E-state index in [9.17, 15) is 14.7 Å². The number of hydrogen-bond donors (Lipinski definition) is 1. The van der Waals surface area contributed by atoms with E-state index in [1.54, 1.807) is 6.08 Å². The molecule has 5 nitrogen and oxygen atoms in total. The van der Waals surface area contributed by atoms with Crippen LogP contribution < -0.4 is 10.2 Å². The molecule has 1 aromatic heterocycles. The third kappa shape index (κ3) is 4.31. The Morgan fingerprint density at radius 3 is 2.71 bits per heavy atom. The number of carboxylic acid groups (broad SMARTS) is 1. The van der Waals surface area contributed by atoms with Gasteiger partial charge in [-0.15, -0.1) is 0 Å². The molecule has 0 saturated carbocycles. The summed E-state index contributed by atoms with van der Waals surface area (Å²) in [5.41, 5.74) is 2.08. The third-order valence-corrected chi connectivity index (χ3v) is 4.33. The Kier molecular flexibility index (Phi) is 5.94. The second-order valence-electron chi connectivity index (χ2n) is 6.59. The van der Waals surface area contributed by atoms with Crippen LogP contribution >= 0.6 is 0 Å². The van der Waals surface area contributed by atoms with Gasteiger partial charge in [0.1, 0.15) is 5.58 Å². The molecule has 0 radical (unpaired) electrons. The number of hydrogen-bond acceptors (Lipinski definition) is 4. The summed E-state index contributed by atoms with van der Waals surface area (Å²) < 4.78 is 11.6. The zero-order chi connectivity index (χ0) is 20.1. The topological polar surface area (TPSA) is 76.7 Å². The molecule has 3 aromatic rings. The maximum atomic E-state index is 13.0. The van der Waals surface area contributed by atoms with E-state index in [1.807, 2.05) is 44.2 Å². The molecule has 0 amide bonds. The first-order valence-corrected chi connectivity index (χ1v) is 9.21. The van der Waals surface area contributed by atoms with E-state index < -0.39 is 5.97 Å². The molecule has 3 rings (SSSR count). The number of carboxylic acids is 1. The van der Waals surface area contributed by atoms with E-state index in [-0.39, 0.29) is 22.1 Å². The molecule has 0 bridgehead atoms. The van der Waals surface area contributed by atoms with E-state index in [4.69, 9.17) is 9.15 Å². The van der Waals surface area contributed by atoms with Gasteiger partial charge in [0.25, 0.3) is 0 Å². The first kappa shape index (κ1) is 19.4. The van der Waals surface area contributed by atoms with E-state index in [2.05, 4.69) is 0 Å². The predicted molar refractivity (Wildman–Crippen MR) is 110 cm³/mol. The van der Waals surface area contributed by atoms with Gasteiger partial charge in [0, 0.05) is 0 Å². The Morgan fingerprint density at radius 2 is 2.00 bits per heavy atom. The lowest BCUT2D eigenvalue weighted by Gasteiger charge is -2.09. The summed E-state index contributed by atoms with van der Waals surface area (Å²) in [6.07, 6.45) is 5.29. The van der Waals surface area contributed by atoms with Crippen molar-refractivity contribution in [3.8, 4) is 5.75 Å². The first-order chi connectivity index (χ1) is 13.5. The Hall–Kier alpha value is -3.34. The van der Waals surface area contributed by atoms with Crippen LogP contribution in [0.3, 0.4) is 0 Å². The van der Waals surface area contributed by atoms with Crippen molar-refractivity contribution in [3.05, 3.63) is 75.1 Å². The van der Waals surface area contributed by atoms with Crippen LogP contribution in [0.2, 0.25) is 0 Å². The summed E-state index contributed by atoms with van der Waals surface area (Å²) in [5.74, 6) is -0.677. The minimum absolute atomic E-state index is 0.0300. The Bertz CT molecular complexity index is 1090. The fourth-order valence-corrected chi connectivity index (χ4v) is 2.84. The Balaban J connectivity index is 2.10. The van der Waals surface area contributed by atoms with Crippen LogP contribution in [-0.2, 0) is 0 Å². The molecule has 0 atom stereocenters. The van der Waals surface area contributed by atoms with E-state index in [1.165, 1.54) is 18.2 Å². The molecule has 0 aliphatic rings. The highest BCUT2D eigenvalue weighted by atomic mass is 16.5. The van der Waals surface area contributed by atoms with Crippen LogP contribution in [0.5, 0.6) is 5.75 Å². The average molecular weight is 378 g/mol. The maximum absolute atomic E-state index is 13.0. The molecule has 0 aliphatic heterocycles. The van der Waals surface area contributed by atoms with Gasteiger partial charge < -0.3 is 14.3 Å². The van der Waals surface area contributed by atoms with Gasteiger partial charge in [0.2, 0.25) is 11.2 Å². The molecule has 0 spiro atoms. The van der Waals surface area contributed by atoms with Crippen LogP contribution in [0.15, 0.2) is 51.7 Å². The van der Waals surface area contributed by atoms with E-state index >= 15 is 0 Å². The van der Waals surface area contributed by atoms with Crippen LogP contribution in [0.1, 0.15) is 47.0 Å². The maximum Gasteiger partial charge on any atom is 0.335 e. The Morgan fingerprint density at radius 1 is 1.18 bits per heavy atom. The van der Waals surface area contributed by atoms with Crippen molar-refractivity contribution >= 4 is 29.1 Å². The monoisotopic (exact) mass is 378 g/mol. The molecular weight excluding hydrogens is 356 g/mol. The molecule has 0 aliphatic carbocycles. The second-order valence-corrected chi connectivity index (χ2v) is 6.59. The van der Waals surface area contributed by atoms with Gasteiger partial charge in [-0.2, -0.15) is 0 Å². The van der Waals surface area contributed by atoms with E-state index in [0.29, 0.717) is 18.0 Å². The normalized spacial score (nSPS) is 11.2. The molecule has 1 heterocycles. The van der Waals surface area contributed by atoms with E-state index in [0.717, 1.165) is 24.0 Å². The lowest BCUT2D eigenvalue weighted by Crippen LogP contribution is -2.12. The minimum atomic E-state index is -1.10. The molecule has 0 saturated heterocycles. The zero-order valence-electron chi connectivity index (χ0n) is 15.9. The molecule has 0 unspecified atom stereocenters. The number of fused-ring (bicyclic) bond motifs is 1. The molecule has 0 fully saturated rings. The van der Waals surface area contributed by atoms with Crippen LogP contribution in [0.25, 0.3) is 23.1 Å². The molecular formula is C23H22O5. The van der Waals surface area contributed by atoms with Gasteiger partial charge in [-0.3, -0.25) is 4.79 Å². The number of aryl methyl sites for hydroxylation is 1. The van der Waals surface area contributed by atoms with Gasteiger partial charge >= 0.3 is 5.97 Å². The highest BCUT2D eigenvalue weighted by Crippen LogP contribution is 2.24. The van der Waals surface area contributed by atoms with Crippen molar-refractivity contribution in [2.45, 2.75) is 26.7 Å². The largest absolute Gasteiger partial charge is 0.486 e. The lowest BCUT2D eigenvalue weighted by atomic mass is 10.1. The summed E-state index contributed by atoms with van der Waals surface area (Å²) in [5, 5.41) is 9.38. The molecule has 1 N–H and O–H groups in total. The summed E-state index contributed by atoms with van der Waals surface area (Å²) in [6.45, 7) is 4.42. The van der Waals surface area contributed by atoms with Crippen molar-refractivity contribution < 1.29 is 19.1 Å². The predicted octanol–water partition coefficient (Wildman–Crippen LogP) is 5.15. The molecule has 144 valence electrons. The number of rotatable bonds is 7. The van der Waals surface area contributed by atoms with Crippen LogP contribution in [0, 0.1) is 6.92 Å². The number of unbranched alkanes of at least 4 members (excludes halogenated alkanes) is 1. The summed E-state index contributed by atoms with van der Waals surface area (Å²) in [4.78, 5) is 24.2. The average Bonchev–Trinajstić information content (AvgIpc) is 2.68. The van der Waals surface area contributed by atoms with Crippen molar-refractivity contribution in [1.29, 1.82) is 0 Å². The van der Waals surface area contributed by atoms with Gasteiger partial charge in [0.15, 0.2) is 5.76 Å². The zero-order valence-corrected chi connectivity index (χ0v) is 15.9. The number of aromatic carboxylic acids is 1.